The van der Waals surface area contributed by atoms with Crippen LogP contribution in [0.4, 0.5) is 0 Å². The molecular weight excluding hydrogens is 228 g/mol. The zero-order valence-corrected chi connectivity index (χ0v) is 10.6. The smallest absolute Gasteiger partial charge is 0.230 e. The van der Waals surface area contributed by atoms with E-state index in [-0.39, 0.29) is 11.8 Å². The maximum atomic E-state index is 11.8. The van der Waals surface area contributed by atoms with Crippen molar-refractivity contribution < 1.29 is 4.79 Å². The van der Waals surface area contributed by atoms with E-state index in [0.29, 0.717) is 17.5 Å². The fraction of sp³-hybridized carbons (Fsp3) is 0.800. The van der Waals surface area contributed by atoms with Gasteiger partial charge in [0.1, 0.15) is 0 Å². The van der Waals surface area contributed by atoms with E-state index in [1.165, 1.54) is 12.2 Å². The highest BCUT2D eigenvalue weighted by molar-refractivity contribution is 7.99. The van der Waals surface area contributed by atoms with E-state index in [4.69, 9.17) is 18.0 Å². The Morgan fingerprint density at radius 3 is 2.93 bits per heavy atom. The monoisotopic (exact) mass is 246 g/mol. The minimum Gasteiger partial charge on any atom is -0.393 e. The molecule has 3 nitrogen and oxygen atoms in total. The van der Waals surface area contributed by atoms with Crippen LogP contribution in [0.5, 0.6) is 0 Å². The van der Waals surface area contributed by atoms with Gasteiger partial charge in [-0.25, -0.2) is 0 Å². The van der Waals surface area contributed by atoms with Crippen LogP contribution in [-0.2, 0) is 4.79 Å². The van der Waals surface area contributed by atoms with E-state index in [1.807, 2.05) is 18.7 Å². The molecule has 3 N–H and O–H groups in total. The highest BCUT2D eigenvalue weighted by atomic mass is 32.2. The molecule has 0 aliphatic carbocycles. The van der Waals surface area contributed by atoms with E-state index in [9.17, 15) is 4.79 Å². The lowest BCUT2D eigenvalue weighted by molar-refractivity contribution is -0.123. The normalized spacial score (nSPS) is 23.1. The number of carbonyl (C=O) groups excluding carboxylic acids is 1. The molecule has 0 radical (unpaired) electrons. The van der Waals surface area contributed by atoms with Crippen LogP contribution in [0.3, 0.4) is 0 Å². The van der Waals surface area contributed by atoms with Crippen molar-refractivity contribution in [1.29, 1.82) is 0 Å². The van der Waals surface area contributed by atoms with Gasteiger partial charge >= 0.3 is 0 Å². The number of hydrogen-bond acceptors (Lipinski definition) is 3. The van der Waals surface area contributed by atoms with Crippen LogP contribution in [0.15, 0.2) is 0 Å². The second-order valence-corrected chi connectivity index (χ2v) is 5.41. The largest absolute Gasteiger partial charge is 0.393 e. The fourth-order valence-corrected chi connectivity index (χ4v) is 3.02. The van der Waals surface area contributed by atoms with Crippen molar-refractivity contribution in [3.63, 3.8) is 0 Å². The third-order valence-electron chi connectivity index (χ3n) is 2.57. The average Bonchev–Trinajstić information content (AvgIpc) is 2.19. The number of nitrogens with two attached hydrogens (primary N) is 1. The molecule has 0 aromatic rings. The number of amides is 1. The lowest BCUT2D eigenvalue weighted by atomic mass is 10.0. The van der Waals surface area contributed by atoms with Gasteiger partial charge in [0.25, 0.3) is 0 Å². The fourth-order valence-electron chi connectivity index (χ4n) is 1.67. The van der Waals surface area contributed by atoms with Gasteiger partial charge in [-0.15, -0.1) is 0 Å². The first kappa shape index (κ1) is 12.8. The molecule has 15 heavy (non-hydrogen) atoms. The zero-order valence-electron chi connectivity index (χ0n) is 8.99. The molecule has 2 unspecified atom stereocenters. The number of thioether (sulfide) groups is 1. The summed E-state index contributed by atoms with van der Waals surface area (Å²) in [7, 11) is 0. The SMILES string of the molecule is CCC(C(=O)NC1CCCSC1)C(N)=S. The molecule has 1 fully saturated rings. The van der Waals surface area contributed by atoms with Gasteiger partial charge in [0, 0.05) is 11.8 Å². The zero-order chi connectivity index (χ0) is 11.3. The molecule has 1 heterocycles. The van der Waals surface area contributed by atoms with Crippen molar-refractivity contribution in [3.8, 4) is 0 Å². The molecule has 0 bridgehead atoms. The molecule has 1 aliphatic rings. The molecule has 86 valence electrons. The number of carbonyl (C=O) groups is 1. The number of thiocarbonyl (C=S) groups is 1. The highest BCUT2D eigenvalue weighted by Crippen LogP contribution is 2.17. The lowest BCUT2D eigenvalue weighted by Crippen LogP contribution is -2.44. The molecule has 0 saturated carbocycles. The first-order chi connectivity index (χ1) is 7.15. The van der Waals surface area contributed by atoms with Crippen LogP contribution in [0.1, 0.15) is 26.2 Å². The molecule has 1 amide bonds. The Balaban J connectivity index is 2.42. The van der Waals surface area contributed by atoms with Crippen molar-refractivity contribution in [2.75, 3.05) is 11.5 Å². The summed E-state index contributed by atoms with van der Waals surface area (Å²) in [6, 6.07) is 0.305. The van der Waals surface area contributed by atoms with Crippen LogP contribution in [-0.4, -0.2) is 28.4 Å². The summed E-state index contributed by atoms with van der Waals surface area (Å²) in [4.78, 5) is 12.1. The van der Waals surface area contributed by atoms with Gasteiger partial charge in [0.15, 0.2) is 0 Å². The Bertz CT molecular complexity index is 240. The van der Waals surface area contributed by atoms with E-state index >= 15 is 0 Å². The summed E-state index contributed by atoms with van der Waals surface area (Å²) in [5.41, 5.74) is 5.52. The molecule has 0 aromatic heterocycles. The van der Waals surface area contributed by atoms with E-state index in [1.54, 1.807) is 0 Å². The first-order valence-corrected chi connectivity index (χ1v) is 6.89. The Labute approximate surface area is 101 Å². The predicted octanol–water partition coefficient (Wildman–Crippen LogP) is 1.31. The van der Waals surface area contributed by atoms with Crippen LogP contribution >= 0.6 is 24.0 Å². The van der Waals surface area contributed by atoms with E-state index in [0.717, 1.165) is 12.2 Å². The second kappa shape index (κ2) is 6.33. The van der Waals surface area contributed by atoms with Crippen molar-refractivity contribution in [3.05, 3.63) is 0 Å². The van der Waals surface area contributed by atoms with Crippen LogP contribution in [0, 0.1) is 5.92 Å². The quantitative estimate of drug-likeness (QED) is 0.734. The molecule has 5 heteroatoms. The number of rotatable bonds is 4. The summed E-state index contributed by atoms with van der Waals surface area (Å²) in [5, 5.41) is 3.02. The standard InChI is InChI=1S/C10H18N2OS2/c1-2-8(9(11)14)10(13)12-7-4-3-5-15-6-7/h7-8H,2-6H2,1H3,(H2,11,14)(H,12,13). The van der Waals surface area contributed by atoms with Gasteiger partial charge in [0.05, 0.1) is 10.9 Å². The second-order valence-electron chi connectivity index (χ2n) is 3.79. The Morgan fingerprint density at radius 1 is 1.73 bits per heavy atom. The van der Waals surface area contributed by atoms with E-state index in [2.05, 4.69) is 5.32 Å². The van der Waals surface area contributed by atoms with Crippen LogP contribution in [0.2, 0.25) is 0 Å². The molecule has 0 aromatic carbocycles. The first-order valence-electron chi connectivity index (χ1n) is 5.32. The van der Waals surface area contributed by atoms with Gasteiger partial charge in [0.2, 0.25) is 5.91 Å². The third-order valence-corrected chi connectivity index (χ3v) is 4.07. The topological polar surface area (TPSA) is 55.1 Å². The summed E-state index contributed by atoms with van der Waals surface area (Å²) in [5.74, 6) is 1.92. The van der Waals surface area contributed by atoms with Crippen LogP contribution in [0.25, 0.3) is 0 Å². The maximum Gasteiger partial charge on any atom is 0.230 e. The maximum absolute atomic E-state index is 11.8. The summed E-state index contributed by atoms with van der Waals surface area (Å²) >= 11 is 6.77. The Kier molecular flexibility index (Phi) is 5.39. The predicted molar refractivity (Wildman–Crippen MR) is 69.1 cm³/mol. The van der Waals surface area contributed by atoms with Gasteiger partial charge in [-0.1, -0.05) is 19.1 Å². The molecule has 1 aliphatic heterocycles. The lowest BCUT2D eigenvalue weighted by Gasteiger charge is -2.24. The van der Waals surface area contributed by atoms with Crippen LogP contribution < -0.4 is 11.1 Å². The van der Waals surface area contributed by atoms with Gasteiger partial charge in [-0.2, -0.15) is 11.8 Å². The number of nitrogens with one attached hydrogen (secondary N) is 1. The highest BCUT2D eigenvalue weighted by Gasteiger charge is 2.23. The molecule has 1 saturated heterocycles. The number of hydrogen-bond donors (Lipinski definition) is 2. The van der Waals surface area contributed by atoms with Crippen molar-refractivity contribution in [1.82, 2.24) is 5.32 Å². The molecule has 2 atom stereocenters. The third kappa shape index (κ3) is 3.99. The molecule has 1 rings (SSSR count). The summed E-state index contributed by atoms with van der Waals surface area (Å²) in [6.07, 6.45) is 2.94. The minimum atomic E-state index is -0.299. The Hall–Kier alpha value is -0.290. The van der Waals surface area contributed by atoms with E-state index < -0.39 is 0 Å². The Morgan fingerprint density at radius 2 is 2.47 bits per heavy atom. The van der Waals surface area contributed by atoms with Crippen molar-refractivity contribution in [2.45, 2.75) is 32.2 Å². The van der Waals surface area contributed by atoms with Gasteiger partial charge in [-0.3, -0.25) is 4.79 Å². The van der Waals surface area contributed by atoms with Crippen molar-refractivity contribution >= 4 is 34.9 Å². The minimum absolute atomic E-state index is 0.00231. The molecule has 0 spiro atoms. The average molecular weight is 246 g/mol. The molecular formula is C10H18N2OS2. The van der Waals surface area contributed by atoms with Gasteiger partial charge in [-0.05, 0) is 25.0 Å². The van der Waals surface area contributed by atoms with Crippen molar-refractivity contribution in [2.24, 2.45) is 11.7 Å². The summed E-state index contributed by atoms with van der Waals surface area (Å²) in [6.45, 7) is 1.93. The summed E-state index contributed by atoms with van der Waals surface area (Å²) < 4.78 is 0. The van der Waals surface area contributed by atoms with Gasteiger partial charge < -0.3 is 11.1 Å².